The van der Waals surface area contributed by atoms with Crippen molar-refractivity contribution in [1.29, 1.82) is 0 Å². The lowest BCUT2D eigenvalue weighted by Gasteiger charge is -2.07. The highest BCUT2D eigenvalue weighted by Crippen LogP contribution is 2.22. The molecule has 6 aromatic rings. The second kappa shape index (κ2) is 16.4. The second-order valence-electron chi connectivity index (χ2n) is 12.5. The maximum Gasteiger partial charge on any atom is 0.127 e. The molecule has 0 aromatic heterocycles. The van der Waals surface area contributed by atoms with Gasteiger partial charge in [-0.15, -0.1) is 0 Å². The Kier molecular flexibility index (Phi) is 12.1. The Bertz CT molecular complexity index is 1670. The Balaban J connectivity index is 0.000000157. The molecule has 234 valence electrons. The molecule has 1 heteroatoms. The van der Waals surface area contributed by atoms with Gasteiger partial charge in [-0.25, -0.2) is 0 Å². The minimum atomic E-state index is 0.879. The first-order valence-electron chi connectivity index (χ1n) is 16.1. The molecule has 0 aliphatic rings. The number of hydrogen-bond donors (Lipinski definition) is 0. The molecule has 6 aromatic carbocycles. The summed E-state index contributed by atoms with van der Waals surface area (Å²) in [6.45, 7) is 17.0. The van der Waals surface area contributed by atoms with Crippen LogP contribution in [0.3, 0.4) is 0 Å². The summed E-state index contributed by atoms with van der Waals surface area (Å²) in [5, 5.41) is 0. The number of ether oxygens (including phenoxy) is 1. The van der Waals surface area contributed by atoms with E-state index in [1.165, 1.54) is 66.8 Å². The predicted octanol–water partition coefficient (Wildman–Crippen LogP) is 12.6. The van der Waals surface area contributed by atoms with Crippen molar-refractivity contribution in [3.63, 3.8) is 0 Å². The molecular weight excluding hydrogens is 556 g/mol. The predicted molar refractivity (Wildman–Crippen MR) is 198 cm³/mol. The van der Waals surface area contributed by atoms with Crippen molar-refractivity contribution in [1.82, 2.24) is 0 Å². The molecule has 0 amide bonds. The number of hydrogen-bond acceptors (Lipinski definition) is 1. The van der Waals surface area contributed by atoms with Crippen molar-refractivity contribution >= 4 is 0 Å². The third-order valence-electron chi connectivity index (χ3n) is 8.27. The van der Waals surface area contributed by atoms with Crippen molar-refractivity contribution in [2.75, 3.05) is 0 Å². The van der Waals surface area contributed by atoms with Crippen LogP contribution in [0.25, 0.3) is 11.1 Å². The minimum absolute atomic E-state index is 0.879. The highest BCUT2D eigenvalue weighted by molar-refractivity contribution is 5.63. The molecule has 0 aliphatic heterocycles. The summed E-state index contributed by atoms with van der Waals surface area (Å²) in [5.74, 6) is 1.76. The molecule has 0 spiro atoms. The quantitative estimate of drug-likeness (QED) is 0.190. The SMILES string of the molecule is Cc1ccc(-c2ccc(C)cc2)cc1.Cc1ccc(Cc2ccc(C)c(C)c2)cc1C.Cc1ccc(Oc2ccc(C)cc2)cc1. The van der Waals surface area contributed by atoms with E-state index in [9.17, 15) is 0 Å². The standard InChI is InChI=1S/C17H20.C14H14O.C14H14/c1-12-5-7-16(9-14(12)3)11-17-8-6-13(2)15(4)10-17;1-11-3-7-13(8-4-11)15-14-9-5-12(2)6-10-14;1-11-3-7-13(8-4-11)14-9-5-12(2)6-10-14/h5-10H,11H2,1-4H3;3-10H,1-2H3;3-10H,1-2H3. The summed E-state index contributed by atoms with van der Waals surface area (Å²) in [4.78, 5) is 0. The molecule has 0 saturated carbocycles. The number of rotatable bonds is 5. The average Bonchev–Trinajstić information content (AvgIpc) is 3.04. The summed E-state index contributed by atoms with van der Waals surface area (Å²) < 4.78 is 5.69. The molecule has 0 atom stereocenters. The van der Waals surface area contributed by atoms with Crippen LogP contribution >= 0.6 is 0 Å². The fourth-order valence-electron chi connectivity index (χ4n) is 4.90. The third kappa shape index (κ3) is 10.6. The van der Waals surface area contributed by atoms with Crippen molar-refractivity contribution in [3.05, 3.63) is 189 Å². The fraction of sp³-hybridized carbons (Fsp3) is 0.200. The Morgan fingerprint density at radius 3 is 0.935 bits per heavy atom. The van der Waals surface area contributed by atoms with Gasteiger partial charge in [0.2, 0.25) is 0 Å². The second-order valence-corrected chi connectivity index (χ2v) is 12.5. The van der Waals surface area contributed by atoms with Crippen LogP contribution in [0.2, 0.25) is 0 Å². The first-order chi connectivity index (χ1) is 22.0. The molecule has 6 rings (SSSR count). The lowest BCUT2D eigenvalue weighted by molar-refractivity contribution is 0.482. The van der Waals surface area contributed by atoms with Crippen molar-refractivity contribution in [3.8, 4) is 22.6 Å². The van der Waals surface area contributed by atoms with Gasteiger partial charge in [0.05, 0.1) is 0 Å². The van der Waals surface area contributed by atoms with E-state index in [2.05, 4.69) is 140 Å². The first-order valence-corrected chi connectivity index (χ1v) is 16.1. The topological polar surface area (TPSA) is 9.23 Å². The summed E-state index contributed by atoms with van der Waals surface area (Å²) in [7, 11) is 0. The van der Waals surface area contributed by atoms with Gasteiger partial charge in [-0.2, -0.15) is 0 Å². The largest absolute Gasteiger partial charge is 0.457 e. The van der Waals surface area contributed by atoms with Gasteiger partial charge >= 0.3 is 0 Å². The van der Waals surface area contributed by atoms with Gasteiger partial charge in [0.15, 0.2) is 0 Å². The molecule has 0 unspecified atom stereocenters. The van der Waals surface area contributed by atoms with E-state index >= 15 is 0 Å². The highest BCUT2D eigenvalue weighted by Gasteiger charge is 2.01. The third-order valence-corrected chi connectivity index (χ3v) is 8.27. The monoisotopic (exact) mass is 604 g/mol. The molecule has 46 heavy (non-hydrogen) atoms. The highest BCUT2D eigenvalue weighted by atomic mass is 16.5. The number of aryl methyl sites for hydroxylation is 8. The molecule has 0 saturated heterocycles. The lowest BCUT2D eigenvalue weighted by atomic mass is 9.98. The Morgan fingerprint density at radius 2 is 0.630 bits per heavy atom. The van der Waals surface area contributed by atoms with E-state index in [0.717, 1.165) is 17.9 Å². The average molecular weight is 605 g/mol. The van der Waals surface area contributed by atoms with Crippen LogP contribution in [0.4, 0.5) is 0 Å². The Hall–Kier alpha value is -4.88. The summed E-state index contributed by atoms with van der Waals surface area (Å²) in [6, 6.07) is 46.9. The van der Waals surface area contributed by atoms with E-state index in [-0.39, 0.29) is 0 Å². The van der Waals surface area contributed by atoms with Crippen molar-refractivity contribution in [2.24, 2.45) is 0 Å². The van der Waals surface area contributed by atoms with Gasteiger partial charge in [-0.1, -0.05) is 131 Å². The molecule has 0 heterocycles. The van der Waals surface area contributed by atoms with E-state index < -0.39 is 0 Å². The Morgan fingerprint density at radius 1 is 0.326 bits per heavy atom. The maximum atomic E-state index is 5.69. The first kappa shape index (κ1) is 34.0. The zero-order chi connectivity index (χ0) is 33.1. The summed E-state index contributed by atoms with van der Waals surface area (Å²) in [5.41, 5.74) is 16.0. The molecule has 0 fully saturated rings. The van der Waals surface area contributed by atoms with Gasteiger partial charge in [0, 0.05) is 0 Å². The zero-order valence-corrected chi connectivity index (χ0v) is 28.8. The van der Waals surface area contributed by atoms with Crippen molar-refractivity contribution in [2.45, 2.75) is 61.8 Å². The van der Waals surface area contributed by atoms with Gasteiger partial charge < -0.3 is 4.74 Å². The lowest BCUT2D eigenvalue weighted by Crippen LogP contribution is -1.92. The molecule has 0 bridgehead atoms. The van der Waals surface area contributed by atoms with Crippen LogP contribution in [-0.4, -0.2) is 0 Å². The molecule has 1 nitrogen and oxygen atoms in total. The Labute approximate surface area is 277 Å². The van der Waals surface area contributed by atoms with E-state index in [1.807, 2.05) is 48.5 Å². The normalized spacial score (nSPS) is 10.3. The van der Waals surface area contributed by atoms with Gasteiger partial charge in [-0.05, 0) is 131 Å². The summed E-state index contributed by atoms with van der Waals surface area (Å²) >= 11 is 0. The van der Waals surface area contributed by atoms with Crippen LogP contribution in [0.15, 0.2) is 133 Å². The van der Waals surface area contributed by atoms with Crippen LogP contribution in [0.1, 0.15) is 55.6 Å². The molecular formula is C45H48O. The van der Waals surface area contributed by atoms with Crippen LogP contribution in [0, 0.1) is 55.4 Å². The van der Waals surface area contributed by atoms with Gasteiger partial charge in [-0.3, -0.25) is 0 Å². The minimum Gasteiger partial charge on any atom is -0.457 e. The van der Waals surface area contributed by atoms with E-state index in [0.29, 0.717) is 0 Å². The van der Waals surface area contributed by atoms with E-state index in [1.54, 1.807) is 0 Å². The molecule has 0 radical (unpaired) electrons. The molecule has 0 aliphatic carbocycles. The van der Waals surface area contributed by atoms with Crippen LogP contribution in [0.5, 0.6) is 11.5 Å². The van der Waals surface area contributed by atoms with Crippen LogP contribution in [-0.2, 0) is 6.42 Å². The van der Waals surface area contributed by atoms with Crippen molar-refractivity contribution < 1.29 is 4.74 Å². The van der Waals surface area contributed by atoms with E-state index in [4.69, 9.17) is 4.74 Å². The number of benzene rings is 6. The molecule has 0 N–H and O–H groups in total. The fourth-order valence-corrected chi connectivity index (χ4v) is 4.90. The van der Waals surface area contributed by atoms with Gasteiger partial charge in [0.25, 0.3) is 0 Å². The van der Waals surface area contributed by atoms with Gasteiger partial charge in [0.1, 0.15) is 11.5 Å². The smallest absolute Gasteiger partial charge is 0.127 e. The van der Waals surface area contributed by atoms with Crippen LogP contribution < -0.4 is 4.74 Å². The summed E-state index contributed by atoms with van der Waals surface area (Å²) in [6.07, 6.45) is 1.03. The maximum absolute atomic E-state index is 5.69. The zero-order valence-electron chi connectivity index (χ0n) is 28.8.